The first-order valence-electron chi connectivity index (χ1n) is 6.17. The number of carbonyl (C=O) groups is 1. The van der Waals surface area contributed by atoms with E-state index in [2.05, 4.69) is 4.72 Å². The van der Waals surface area contributed by atoms with Crippen molar-refractivity contribution >= 4 is 16.2 Å². The first-order valence-corrected chi connectivity index (χ1v) is 7.61. The van der Waals surface area contributed by atoms with Crippen LogP contribution in [0.4, 0.5) is 0 Å². The third kappa shape index (κ3) is 6.32. The quantitative estimate of drug-likeness (QED) is 0.661. The predicted molar refractivity (Wildman–Crippen MR) is 70.5 cm³/mol. The third-order valence-electron chi connectivity index (χ3n) is 2.53. The van der Waals surface area contributed by atoms with E-state index in [1.54, 1.807) is 0 Å². The Balaban J connectivity index is 4.64. The zero-order chi connectivity index (χ0) is 14.3. The van der Waals surface area contributed by atoms with Gasteiger partial charge in [0.05, 0.1) is 0 Å². The number of nitrogens with zero attached hydrogens (tertiary/aromatic N) is 1. The lowest BCUT2D eigenvalue weighted by Gasteiger charge is -2.21. The van der Waals surface area contributed by atoms with E-state index in [1.807, 2.05) is 20.8 Å². The summed E-state index contributed by atoms with van der Waals surface area (Å²) < 4.78 is 27.2. The highest BCUT2D eigenvalue weighted by atomic mass is 32.2. The Hall–Kier alpha value is -0.660. The lowest BCUT2D eigenvalue weighted by atomic mass is 10.1. The molecule has 7 heteroatoms. The van der Waals surface area contributed by atoms with E-state index in [4.69, 9.17) is 5.11 Å². The van der Waals surface area contributed by atoms with Crippen LogP contribution in [-0.2, 0) is 15.0 Å². The zero-order valence-electron chi connectivity index (χ0n) is 11.5. The summed E-state index contributed by atoms with van der Waals surface area (Å²) in [6.07, 6.45) is 1.91. The van der Waals surface area contributed by atoms with Gasteiger partial charge in [0.15, 0.2) is 0 Å². The molecule has 0 bridgehead atoms. The van der Waals surface area contributed by atoms with Gasteiger partial charge in [-0.25, -0.2) is 0 Å². The molecular formula is C11H24N2O4S. The Labute approximate surface area is 110 Å². The Morgan fingerprint density at radius 1 is 1.39 bits per heavy atom. The SMILES string of the molecule is CCCCN(C)S(=O)(=O)N[C@H](CC(C)C)C(=O)O. The average Bonchev–Trinajstić information content (AvgIpc) is 2.23. The van der Waals surface area contributed by atoms with Crippen LogP contribution in [0.3, 0.4) is 0 Å². The van der Waals surface area contributed by atoms with E-state index in [0.29, 0.717) is 6.54 Å². The second-order valence-electron chi connectivity index (χ2n) is 4.82. The molecule has 0 radical (unpaired) electrons. The maximum absolute atomic E-state index is 11.9. The third-order valence-corrected chi connectivity index (χ3v) is 4.12. The maximum Gasteiger partial charge on any atom is 0.321 e. The maximum atomic E-state index is 11.9. The molecule has 0 fully saturated rings. The summed E-state index contributed by atoms with van der Waals surface area (Å²) in [7, 11) is -2.27. The van der Waals surface area contributed by atoms with E-state index in [9.17, 15) is 13.2 Å². The highest BCUT2D eigenvalue weighted by Crippen LogP contribution is 2.08. The van der Waals surface area contributed by atoms with Crippen molar-refractivity contribution in [1.29, 1.82) is 0 Å². The summed E-state index contributed by atoms with van der Waals surface area (Å²) in [5.74, 6) is -1.04. The molecule has 0 saturated carbocycles. The van der Waals surface area contributed by atoms with E-state index in [-0.39, 0.29) is 12.3 Å². The van der Waals surface area contributed by atoms with Crippen molar-refractivity contribution in [1.82, 2.24) is 9.03 Å². The summed E-state index contributed by atoms with van der Waals surface area (Å²) in [6.45, 7) is 6.06. The lowest BCUT2D eigenvalue weighted by Crippen LogP contribution is -2.47. The molecule has 0 aromatic rings. The molecule has 0 aromatic carbocycles. The van der Waals surface area contributed by atoms with Crippen molar-refractivity contribution in [3.05, 3.63) is 0 Å². The number of unbranched alkanes of at least 4 members (excludes halogenated alkanes) is 1. The Morgan fingerprint density at radius 2 is 1.94 bits per heavy atom. The minimum Gasteiger partial charge on any atom is -0.480 e. The smallest absolute Gasteiger partial charge is 0.321 e. The molecule has 0 aliphatic rings. The summed E-state index contributed by atoms with van der Waals surface area (Å²) >= 11 is 0. The highest BCUT2D eigenvalue weighted by Gasteiger charge is 2.27. The van der Waals surface area contributed by atoms with E-state index in [0.717, 1.165) is 17.1 Å². The molecule has 6 nitrogen and oxygen atoms in total. The Bertz CT molecular complexity index is 354. The van der Waals surface area contributed by atoms with Gasteiger partial charge in [-0.05, 0) is 18.8 Å². The second-order valence-corrected chi connectivity index (χ2v) is 6.63. The molecule has 0 aromatic heterocycles. The monoisotopic (exact) mass is 280 g/mol. The minimum absolute atomic E-state index is 0.106. The van der Waals surface area contributed by atoms with Crippen LogP contribution >= 0.6 is 0 Å². The van der Waals surface area contributed by atoms with Gasteiger partial charge in [0.2, 0.25) is 0 Å². The number of carboxylic acids is 1. The van der Waals surface area contributed by atoms with Gasteiger partial charge >= 0.3 is 5.97 Å². The second kappa shape index (κ2) is 7.70. The van der Waals surface area contributed by atoms with E-state index in [1.165, 1.54) is 7.05 Å². The van der Waals surface area contributed by atoms with Crippen molar-refractivity contribution in [2.24, 2.45) is 5.92 Å². The fourth-order valence-electron chi connectivity index (χ4n) is 1.44. The fourth-order valence-corrected chi connectivity index (χ4v) is 2.55. The van der Waals surface area contributed by atoms with Crippen molar-refractivity contribution in [2.45, 2.75) is 46.1 Å². The molecule has 1 atom stereocenters. The lowest BCUT2D eigenvalue weighted by molar-refractivity contribution is -0.139. The minimum atomic E-state index is -3.72. The molecule has 108 valence electrons. The molecule has 0 saturated heterocycles. The van der Waals surface area contributed by atoms with Crippen molar-refractivity contribution in [3.8, 4) is 0 Å². The molecule has 2 N–H and O–H groups in total. The van der Waals surface area contributed by atoms with Gasteiger partial charge in [-0.3, -0.25) is 4.79 Å². The molecule has 0 heterocycles. The molecule has 18 heavy (non-hydrogen) atoms. The Morgan fingerprint density at radius 3 is 2.33 bits per heavy atom. The van der Waals surface area contributed by atoms with Crippen LogP contribution in [0.1, 0.15) is 40.0 Å². The molecule has 0 unspecified atom stereocenters. The van der Waals surface area contributed by atoms with Crippen LogP contribution in [0, 0.1) is 5.92 Å². The summed E-state index contributed by atoms with van der Waals surface area (Å²) in [5, 5.41) is 9.00. The molecule has 0 spiro atoms. The zero-order valence-corrected chi connectivity index (χ0v) is 12.3. The number of rotatable bonds is 9. The molecule has 0 amide bonds. The van der Waals surface area contributed by atoms with Crippen molar-refractivity contribution < 1.29 is 18.3 Å². The first kappa shape index (κ1) is 17.3. The van der Waals surface area contributed by atoms with Crippen molar-refractivity contribution in [2.75, 3.05) is 13.6 Å². The average molecular weight is 280 g/mol. The molecular weight excluding hydrogens is 256 g/mol. The standard InChI is InChI=1S/C11H24N2O4S/c1-5-6-7-13(4)18(16,17)12-10(11(14)15)8-9(2)3/h9-10,12H,5-8H2,1-4H3,(H,14,15)/t10-/m1/s1. The van der Waals surface area contributed by atoms with Gasteiger partial charge in [-0.15, -0.1) is 0 Å². The van der Waals surface area contributed by atoms with Gasteiger partial charge in [0, 0.05) is 13.6 Å². The van der Waals surface area contributed by atoms with Crippen LogP contribution in [-0.4, -0.2) is 43.4 Å². The van der Waals surface area contributed by atoms with Gasteiger partial charge < -0.3 is 5.11 Å². The van der Waals surface area contributed by atoms with Crippen LogP contribution in [0.2, 0.25) is 0 Å². The number of carboxylic acid groups (broad SMARTS) is 1. The topological polar surface area (TPSA) is 86.7 Å². The first-order chi connectivity index (χ1) is 8.20. The fraction of sp³-hybridized carbons (Fsp3) is 0.909. The van der Waals surface area contributed by atoms with Crippen LogP contribution in [0.25, 0.3) is 0 Å². The largest absolute Gasteiger partial charge is 0.480 e. The van der Waals surface area contributed by atoms with Gasteiger partial charge in [-0.1, -0.05) is 27.2 Å². The normalized spacial score (nSPS) is 14.1. The predicted octanol–water partition coefficient (Wildman–Crippen LogP) is 1.05. The summed E-state index contributed by atoms with van der Waals surface area (Å²) in [5.41, 5.74) is 0. The van der Waals surface area contributed by atoms with Crippen molar-refractivity contribution in [3.63, 3.8) is 0 Å². The number of hydrogen-bond donors (Lipinski definition) is 2. The summed E-state index contributed by atoms with van der Waals surface area (Å²) in [6, 6.07) is -1.07. The van der Waals surface area contributed by atoms with Gasteiger partial charge in [0.1, 0.15) is 6.04 Å². The number of nitrogens with one attached hydrogen (secondary N) is 1. The molecule has 0 rings (SSSR count). The number of hydrogen-bond acceptors (Lipinski definition) is 3. The van der Waals surface area contributed by atoms with Gasteiger partial charge in [0.25, 0.3) is 10.2 Å². The van der Waals surface area contributed by atoms with Crippen LogP contribution in [0.15, 0.2) is 0 Å². The van der Waals surface area contributed by atoms with Gasteiger partial charge in [-0.2, -0.15) is 17.4 Å². The van der Waals surface area contributed by atoms with Crippen LogP contribution < -0.4 is 4.72 Å². The Kier molecular flexibility index (Phi) is 7.42. The van der Waals surface area contributed by atoms with Crippen LogP contribution in [0.5, 0.6) is 0 Å². The number of aliphatic carboxylic acids is 1. The highest BCUT2D eigenvalue weighted by molar-refractivity contribution is 7.87. The van der Waals surface area contributed by atoms with E-state index < -0.39 is 22.2 Å². The molecule has 0 aliphatic heterocycles. The molecule has 0 aliphatic carbocycles. The van der Waals surface area contributed by atoms with E-state index >= 15 is 0 Å². The summed E-state index contributed by atoms with van der Waals surface area (Å²) in [4.78, 5) is 11.0.